The van der Waals surface area contributed by atoms with Gasteiger partial charge in [0.15, 0.2) is 0 Å². The standard InChI is InChI=1S/C18H25F3N2O/c1-12(2)17(24)23-9-8-16(13(3)11-23)22-10-14-4-6-15(7-5-14)18(19,20)21/h4-7,12-13,16,22H,8-11H2,1-3H3/t13-,16-/m0/s1. The summed E-state index contributed by atoms with van der Waals surface area (Å²) in [6.45, 7) is 7.90. The molecule has 1 aliphatic heterocycles. The Morgan fingerprint density at radius 2 is 1.92 bits per heavy atom. The monoisotopic (exact) mass is 342 g/mol. The van der Waals surface area contributed by atoms with Gasteiger partial charge < -0.3 is 10.2 Å². The number of alkyl halides is 3. The zero-order valence-electron chi connectivity index (χ0n) is 14.4. The Bertz CT molecular complexity index is 554. The van der Waals surface area contributed by atoms with Crippen LogP contribution in [0.4, 0.5) is 13.2 Å². The molecule has 0 radical (unpaired) electrons. The van der Waals surface area contributed by atoms with E-state index < -0.39 is 11.7 Å². The SMILES string of the molecule is CC(C)C(=O)N1CC[C@H](NCc2ccc(C(F)(F)F)cc2)[C@@H](C)C1. The highest BCUT2D eigenvalue weighted by Gasteiger charge is 2.31. The highest BCUT2D eigenvalue weighted by Crippen LogP contribution is 2.29. The van der Waals surface area contributed by atoms with Crippen molar-refractivity contribution < 1.29 is 18.0 Å². The van der Waals surface area contributed by atoms with Crippen LogP contribution in [0, 0.1) is 11.8 Å². The number of hydrogen-bond donors (Lipinski definition) is 1. The third-order valence-corrected chi connectivity index (χ3v) is 4.56. The van der Waals surface area contributed by atoms with Gasteiger partial charge in [0.25, 0.3) is 0 Å². The van der Waals surface area contributed by atoms with Crippen molar-refractivity contribution in [1.82, 2.24) is 10.2 Å². The molecular formula is C18H25F3N2O. The first kappa shape index (κ1) is 18.8. The van der Waals surface area contributed by atoms with Gasteiger partial charge in [0, 0.05) is 31.6 Å². The van der Waals surface area contributed by atoms with E-state index in [0.29, 0.717) is 12.5 Å². The van der Waals surface area contributed by atoms with Gasteiger partial charge in [-0.1, -0.05) is 32.9 Å². The fourth-order valence-electron chi connectivity index (χ4n) is 3.07. The van der Waals surface area contributed by atoms with Crippen LogP contribution in [0.15, 0.2) is 24.3 Å². The van der Waals surface area contributed by atoms with Crippen molar-refractivity contribution in [2.75, 3.05) is 13.1 Å². The highest BCUT2D eigenvalue weighted by molar-refractivity contribution is 5.78. The molecule has 1 fully saturated rings. The minimum absolute atomic E-state index is 0.00820. The molecular weight excluding hydrogens is 317 g/mol. The molecule has 1 N–H and O–H groups in total. The summed E-state index contributed by atoms with van der Waals surface area (Å²) in [5, 5.41) is 3.42. The largest absolute Gasteiger partial charge is 0.416 e. The molecule has 0 aliphatic carbocycles. The van der Waals surface area contributed by atoms with Crippen LogP contribution < -0.4 is 5.32 Å². The highest BCUT2D eigenvalue weighted by atomic mass is 19.4. The first-order chi connectivity index (χ1) is 11.2. The number of nitrogens with zero attached hydrogens (tertiary/aromatic N) is 1. The Morgan fingerprint density at radius 3 is 2.42 bits per heavy atom. The summed E-state index contributed by atoms with van der Waals surface area (Å²) < 4.78 is 37.7. The van der Waals surface area contributed by atoms with Crippen molar-refractivity contribution in [3.63, 3.8) is 0 Å². The quantitative estimate of drug-likeness (QED) is 0.905. The third-order valence-electron chi connectivity index (χ3n) is 4.56. The number of carbonyl (C=O) groups excluding carboxylic acids is 1. The van der Waals surface area contributed by atoms with Crippen molar-refractivity contribution in [1.29, 1.82) is 0 Å². The number of nitrogens with one attached hydrogen (secondary N) is 1. The van der Waals surface area contributed by atoms with Gasteiger partial charge in [-0.2, -0.15) is 13.2 Å². The number of piperidine rings is 1. The molecule has 2 rings (SSSR count). The third kappa shape index (κ3) is 4.72. The number of rotatable bonds is 4. The fraction of sp³-hybridized carbons (Fsp3) is 0.611. The van der Waals surface area contributed by atoms with E-state index in [-0.39, 0.29) is 17.9 Å². The second-order valence-corrected chi connectivity index (χ2v) is 6.89. The molecule has 6 heteroatoms. The number of amides is 1. The summed E-state index contributed by atoms with van der Waals surface area (Å²) in [6.07, 6.45) is -3.43. The average molecular weight is 342 g/mol. The van der Waals surface area contributed by atoms with Crippen LogP contribution in [0.5, 0.6) is 0 Å². The lowest BCUT2D eigenvalue weighted by atomic mass is 9.92. The first-order valence-electron chi connectivity index (χ1n) is 8.36. The van der Waals surface area contributed by atoms with E-state index in [0.717, 1.165) is 37.2 Å². The van der Waals surface area contributed by atoms with E-state index in [2.05, 4.69) is 12.2 Å². The van der Waals surface area contributed by atoms with Crippen molar-refractivity contribution in [3.8, 4) is 0 Å². The lowest BCUT2D eigenvalue weighted by Gasteiger charge is -2.38. The molecule has 1 aromatic carbocycles. The summed E-state index contributed by atoms with van der Waals surface area (Å²) in [4.78, 5) is 14.0. The van der Waals surface area contributed by atoms with Crippen LogP contribution in [-0.2, 0) is 17.5 Å². The van der Waals surface area contributed by atoms with Gasteiger partial charge in [0.2, 0.25) is 5.91 Å². The molecule has 0 spiro atoms. The van der Waals surface area contributed by atoms with Crippen LogP contribution in [0.2, 0.25) is 0 Å². The number of likely N-dealkylation sites (tertiary alicyclic amines) is 1. The maximum Gasteiger partial charge on any atom is 0.416 e. The Kier molecular flexibility index (Phi) is 5.91. The van der Waals surface area contributed by atoms with Crippen LogP contribution >= 0.6 is 0 Å². The molecule has 1 aromatic rings. The number of carbonyl (C=O) groups is 1. The molecule has 134 valence electrons. The average Bonchev–Trinajstić information content (AvgIpc) is 2.52. The second kappa shape index (κ2) is 7.55. The van der Waals surface area contributed by atoms with E-state index in [1.807, 2.05) is 18.7 Å². The Morgan fingerprint density at radius 1 is 1.29 bits per heavy atom. The van der Waals surface area contributed by atoms with Gasteiger partial charge in [0.05, 0.1) is 5.56 Å². The van der Waals surface area contributed by atoms with Crippen molar-refractivity contribution in [2.45, 2.75) is 46.0 Å². The van der Waals surface area contributed by atoms with Crippen molar-refractivity contribution in [2.24, 2.45) is 11.8 Å². The van der Waals surface area contributed by atoms with Gasteiger partial charge >= 0.3 is 6.18 Å². The lowest BCUT2D eigenvalue weighted by Crippen LogP contribution is -2.50. The maximum absolute atomic E-state index is 12.6. The zero-order valence-corrected chi connectivity index (χ0v) is 14.4. The maximum atomic E-state index is 12.6. The predicted octanol–water partition coefficient (Wildman–Crippen LogP) is 3.69. The Balaban J connectivity index is 1.86. The molecule has 1 heterocycles. The van der Waals surface area contributed by atoms with Gasteiger partial charge in [-0.25, -0.2) is 0 Å². The Labute approximate surface area is 141 Å². The van der Waals surface area contributed by atoms with Gasteiger partial charge in [-0.15, -0.1) is 0 Å². The summed E-state index contributed by atoms with van der Waals surface area (Å²) in [6, 6.07) is 5.52. The molecule has 0 unspecified atom stereocenters. The molecule has 2 atom stereocenters. The lowest BCUT2D eigenvalue weighted by molar-refractivity contribution is -0.138. The molecule has 1 aliphatic rings. The predicted molar refractivity (Wildman–Crippen MR) is 87.3 cm³/mol. The van der Waals surface area contributed by atoms with Crippen LogP contribution in [0.1, 0.15) is 38.3 Å². The van der Waals surface area contributed by atoms with E-state index in [4.69, 9.17) is 0 Å². The topological polar surface area (TPSA) is 32.3 Å². The zero-order chi connectivity index (χ0) is 17.9. The van der Waals surface area contributed by atoms with Crippen LogP contribution in [0.3, 0.4) is 0 Å². The van der Waals surface area contributed by atoms with E-state index in [1.165, 1.54) is 12.1 Å². The van der Waals surface area contributed by atoms with Gasteiger partial charge in [-0.05, 0) is 30.0 Å². The molecule has 0 aromatic heterocycles. The minimum Gasteiger partial charge on any atom is -0.342 e. The first-order valence-corrected chi connectivity index (χ1v) is 8.36. The summed E-state index contributed by atoms with van der Waals surface area (Å²) in [5.41, 5.74) is 0.205. The molecule has 3 nitrogen and oxygen atoms in total. The van der Waals surface area contributed by atoms with E-state index in [9.17, 15) is 18.0 Å². The molecule has 1 saturated heterocycles. The van der Waals surface area contributed by atoms with Crippen molar-refractivity contribution >= 4 is 5.91 Å². The summed E-state index contributed by atoms with van der Waals surface area (Å²) in [5.74, 6) is 0.507. The van der Waals surface area contributed by atoms with Gasteiger partial charge in [0.1, 0.15) is 0 Å². The normalized spacial score (nSPS) is 22.0. The Hall–Kier alpha value is -1.56. The van der Waals surface area contributed by atoms with Crippen molar-refractivity contribution in [3.05, 3.63) is 35.4 Å². The van der Waals surface area contributed by atoms with E-state index >= 15 is 0 Å². The molecule has 0 bridgehead atoms. The van der Waals surface area contributed by atoms with E-state index in [1.54, 1.807) is 0 Å². The summed E-state index contributed by atoms with van der Waals surface area (Å²) in [7, 11) is 0. The molecule has 1 amide bonds. The molecule has 24 heavy (non-hydrogen) atoms. The second-order valence-electron chi connectivity index (χ2n) is 6.89. The number of benzene rings is 1. The van der Waals surface area contributed by atoms with Crippen LogP contribution in [-0.4, -0.2) is 29.9 Å². The smallest absolute Gasteiger partial charge is 0.342 e. The van der Waals surface area contributed by atoms with Gasteiger partial charge in [-0.3, -0.25) is 4.79 Å². The summed E-state index contributed by atoms with van der Waals surface area (Å²) >= 11 is 0. The molecule has 0 saturated carbocycles. The minimum atomic E-state index is -4.30. The fourth-order valence-corrected chi connectivity index (χ4v) is 3.07. The number of halogens is 3. The number of hydrogen-bond acceptors (Lipinski definition) is 2. The van der Waals surface area contributed by atoms with Crippen LogP contribution in [0.25, 0.3) is 0 Å².